The Balaban J connectivity index is 1.68. The van der Waals surface area contributed by atoms with Crippen LogP contribution in [0.15, 0.2) is 72.1 Å². The number of rotatable bonds is 4. The summed E-state index contributed by atoms with van der Waals surface area (Å²) in [7, 11) is 0. The lowest BCUT2D eigenvalue weighted by Crippen LogP contribution is -2.12. The predicted octanol–water partition coefficient (Wildman–Crippen LogP) is 7.32. The Labute approximate surface area is 196 Å². The van der Waals surface area contributed by atoms with Crippen LogP contribution >= 0.6 is 34.3 Å². The fourth-order valence-corrected chi connectivity index (χ4v) is 5.32. The molecule has 0 aliphatic carbocycles. The SMILES string of the molecule is Nc1c(C(=O)Nc2ccccc2Cl)sc2nc(-c3cccs3)cc(-c3ccc(F)cc3)c12. The second kappa shape index (κ2) is 8.35. The van der Waals surface area contributed by atoms with Crippen LogP contribution in [0.3, 0.4) is 0 Å². The number of nitrogen functional groups attached to an aromatic ring is 1. The number of hydrogen-bond donors (Lipinski definition) is 2. The molecule has 5 rings (SSSR count). The van der Waals surface area contributed by atoms with Gasteiger partial charge in [0, 0.05) is 5.39 Å². The van der Waals surface area contributed by atoms with E-state index < -0.39 is 0 Å². The molecule has 0 spiro atoms. The van der Waals surface area contributed by atoms with Gasteiger partial charge >= 0.3 is 0 Å². The van der Waals surface area contributed by atoms with Crippen LogP contribution in [0.1, 0.15) is 9.67 Å². The van der Waals surface area contributed by atoms with Crippen molar-refractivity contribution in [2.75, 3.05) is 11.1 Å². The molecule has 0 saturated heterocycles. The molecule has 8 heteroatoms. The zero-order valence-electron chi connectivity index (χ0n) is 16.4. The standard InChI is InChI=1S/C24H15ClFN3OS2/c25-16-4-1-2-5-17(16)28-23(30)22-21(27)20-15(13-7-9-14(26)10-8-13)12-18(29-24(20)32-22)19-6-3-11-31-19/h1-12H,27H2,(H,28,30). The van der Waals surface area contributed by atoms with E-state index in [-0.39, 0.29) is 11.7 Å². The number of thiophene rings is 2. The van der Waals surface area contributed by atoms with E-state index in [9.17, 15) is 9.18 Å². The van der Waals surface area contributed by atoms with Crippen LogP contribution in [0.5, 0.6) is 0 Å². The number of anilines is 2. The summed E-state index contributed by atoms with van der Waals surface area (Å²) in [5, 5.41) is 5.91. The summed E-state index contributed by atoms with van der Waals surface area (Å²) in [6.07, 6.45) is 0. The zero-order chi connectivity index (χ0) is 22.2. The van der Waals surface area contributed by atoms with E-state index in [1.54, 1.807) is 47.7 Å². The van der Waals surface area contributed by atoms with Crippen LogP contribution in [-0.4, -0.2) is 10.9 Å². The minimum Gasteiger partial charge on any atom is -0.397 e. The minimum atomic E-state index is -0.360. The maximum absolute atomic E-state index is 13.6. The summed E-state index contributed by atoms with van der Waals surface area (Å²) in [4.78, 5) is 19.8. The molecule has 2 aromatic carbocycles. The van der Waals surface area contributed by atoms with Crippen molar-refractivity contribution < 1.29 is 9.18 Å². The van der Waals surface area contributed by atoms with Gasteiger partial charge in [-0.15, -0.1) is 22.7 Å². The first-order valence-corrected chi connectivity index (χ1v) is 11.7. The van der Waals surface area contributed by atoms with Crippen LogP contribution in [0.4, 0.5) is 15.8 Å². The fraction of sp³-hybridized carbons (Fsp3) is 0. The van der Waals surface area contributed by atoms with Crippen molar-refractivity contribution in [1.82, 2.24) is 4.98 Å². The molecule has 4 nitrogen and oxygen atoms in total. The molecule has 3 aromatic heterocycles. The lowest BCUT2D eigenvalue weighted by Gasteiger charge is -2.08. The average molecular weight is 480 g/mol. The van der Waals surface area contributed by atoms with E-state index in [4.69, 9.17) is 22.3 Å². The van der Waals surface area contributed by atoms with Crippen molar-refractivity contribution in [3.63, 3.8) is 0 Å². The Morgan fingerprint density at radius 1 is 1.06 bits per heavy atom. The summed E-state index contributed by atoms with van der Waals surface area (Å²) >= 11 is 8.97. The first-order chi connectivity index (χ1) is 15.5. The Morgan fingerprint density at radius 2 is 1.84 bits per heavy atom. The van der Waals surface area contributed by atoms with Crippen molar-refractivity contribution in [3.8, 4) is 21.7 Å². The smallest absolute Gasteiger partial charge is 0.267 e. The fourth-order valence-electron chi connectivity index (χ4n) is 3.44. The second-order valence-corrected chi connectivity index (χ2v) is 9.35. The molecular weight excluding hydrogens is 465 g/mol. The predicted molar refractivity (Wildman–Crippen MR) is 132 cm³/mol. The van der Waals surface area contributed by atoms with Gasteiger partial charge in [-0.05, 0) is 52.9 Å². The highest BCUT2D eigenvalue weighted by molar-refractivity contribution is 7.21. The molecule has 0 saturated carbocycles. The van der Waals surface area contributed by atoms with Gasteiger partial charge in [0.15, 0.2) is 0 Å². The zero-order valence-corrected chi connectivity index (χ0v) is 18.8. The molecular formula is C24H15ClFN3OS2. The van der Waals surface area contributed by atoms with E-state index in [2.05, 4.69) is 5.32 Å². The molecule has 0 atom stereocenters. The number of benzene rings is 2. The number of nitrogens with one attached hydrogen (secondary N) is 1. The number of halogens is 2. The number of fused-ring (bicyclic) bond motifs is 1. The van der Waals surface area contributed by atoms with E-state index in [0.29, 0.717) is 31.5 Å². The third kappa shape index (κ3) is 3.75. The summed E-state index contributed by atoms with van der Waals surface area (Å²) < 4.78 is 13.6. The number of amides is 1. The van der Waals surface area contributed by atoms with Gasteiger partial charge in [-0.25, -0.2) is 9.37 Å². The Morgan fingerprint density at radius 3 is 2.56 bits per heavy atom. The molecule has 1 amide bonds. The highest BCUT2D eigenvalue weighted by atomic mass is 35.5. The minimum absolute atomic E-state index is 0.323. The van der Waals surface area contributed by atoms with Gasteiger partial charge in [-0.3, -0.25) is 4.79 Å². The highest BCUT2D eigenvalue weighted by Crippen LogP contribution is 2.42. The van der Waals surface area contributed by atoms with Crippen molar-refractivity contribution in [2.45, 2.75) is 0 Å². The molecule has 0 fully saturated rings. The van der Waals surface area contributed by atoms with Crippen molar-refractivity contribution in [1.29, 1.82) is 0 Å². The number of carbonyl (C=O) groups excluding carboxylic acids is 1. The van der Waals surface area contributed by atoms with Gasteiger partial charge in [-0.2, -0.15) is 0 Å². The number of hydrogen-bond acceptors (Lipinski definition) is 5. The Kier molecular flexibility index (Phi) is 5.38. The topological polar surface area (TPSA) is 68.0 Å². The van der Waals surface area contributed by atoms with E-state index in [1.165, 1.54) is 23.5 Å². The van der Waals surface area contributed by atoms with E-state index in [0.717, 1.165) is 21.7 Å². The number of para-hydroxylation sites is 1. The van der Waals surface area contributed by atoms with Gasteiger partial charge in [0.05, 0.1) is 27.0 Å². The van der Waals surface area contributed by atoms with Crippen LogP contribution in [0, 0.1) is 5.82 Å². The van der Waals surface area contributed by atoms with Crippen LogP contribution in [0.2, 0.25) is 5.02 Å². The number of aromatic nitrogens is 1. The molecule has 0 aliphatic heterocycles. The molecule has 0 aliphatic rings. The number of nitrogens with two attached hydrogens (primary N) is 1. The molecule has 0 bridgehead atoms. The number of pyridine rings is 1. The third-order valence-electron chi connectivity index (χ3n) is 4.96. The van der Waals surface area contributed by atoms with Crippen LogP contribution < -0.4 is 11.1 Å². The summed E-state index contributed by atoms with van der Waals surface area (Å²) in [6, 6.07) is 19.1. The molecule has 158 valence electrons. The molecule has 3 heterocycles. The Bertz CT molecular complexity index is 1450. The summed E-state index contributed by atoms with van der Waals surface area (Å²) in [5.74, 6) is -0.683. The van der Waals surface area contributed by atoms with Crippen molar-refractivity contribution >= 4 is 61.8 Å². The van der Waals surface area contributed by atoms with Crippen molar-refractivity contribution in [3.05, 3.63) is 87.8 Å². The third-order valence-corrected chi connectivity index (χ3v) is 7.28. The van der Waals surface area contributed by atoms with Gasteiger partial charge in [0.25, 0.3) is 5.91 Å². The van der Waals surface area contributed by atoms with Crippen molar-refractivity contribution in [2.24, 2.45) is 0 Å². The Hall–Kier alpha value is -3.26. The van der Waals surface area contributed by atoms with Gasteiger partial charge in [0.1, 0.15) is 15.5 Å². The maximum atomic E-state index is 13.6. The van der Waals surface area contributed by atoms with Crippen LogP contribution in [0.25, 0.3) is 31.9 Å². The number of nitrogens with zero attached hydrogens (tertiary/aromatic N) is 1. The van der Waals surface area contributed by atoms with Crippen LogP contribution in [-0.2, 0) is 0 Å². The highest BCUT2D eigenvalue weighted by Gasteiger charge is 2.22. The monoisotopic (exact) mass is 479 g/mol. The molecule has 5 aromatic rings. The lowest BCUT2D eigenvalue weighted by molar-refractivity contribution is 0.103. The molecule has 0 radical (unpaired) electrons. The second-order valence-electron chi connectivity index (χ2n) is 7.00. The molecule has 0 unspecified atom stereocenters. The van der Waals surface area contributed by atoms with E-state index >= 15 is 0 Å². The lowest BCUT2D eigenvalue weighted by atomic mass is 10.0. The largest absolute Gasteiger partial charge is 0.397 e. The average Bonchev–Trinajstić information content (AvgIpc) is 3.44. The molecule has 3 N–H and O–H groups in total. The van der Waals surface area contributed by atoms with Gasteiger partial charge < -0.3 is 11.1 Å². The summed E-state index contributed by atoms with van der Waals surface area (Å²) in [6.45, 7) is 0. The van der Waals surface area contributed by atoms with Gasteiger partial charge in [-0.1, -0.05) is 41.9 Å². The normalized spacial score (nSPS) is 11.1. The first kappa shape index (κ1) is 20.6. The first-order valence-electron chi connectivity index (χ1n) is 9.60. The van der Waals surface area contributed by atoms with E-state index in [1.807, 2.05) is 23.6 Å². The quantitative estimate of drug-likeness (QED) is 0.284. The summed E-state index contributed by atoms with van der Waals surface area (Å²) in [5.41, 5.74) is 9.66. The maximum Gasteiger partial charge on any atom is 0.267 e. The molecule has 32 heavy (non-hydrogen) atoms. The van der Waals surface area contributed by atoms with Gasteiger partial charge in [0.2, 0.25) is 0 Å². The number of carbonyl (C=O) groups is 1.